The van der Waals surface area contributed by atoms with Gasteiger partial charge in [0.05, 0.1) is 16.6 Å². The zero-order chi connectivity index (χ0) is 21.7. The predicted molar refractivity (Wildman–Crippen MR) is 112 cm³/mol. The van der Waals surface area contributed by atoms with Gasteiger partial charge in [-0.2, -0.15) is 23.8 Å². The van der Waals surface area contributed by atoms with E-state index >= 15 is 0 Å². The number of carbonyl (C=O) groups excluding carboxylic acids is 1. The molecule has 2 heterocycles. The number of rotatable bonds is 3. The fourth-order valence-corrected chi connectivity index (χ4v) is 5.55. The highest BCUT2D eigenvalue weighted by molar-refractivity contribution is 8.24. The van der Waals surface area contributed by atoms with Crippen LogP contribution in [-0.2, 0) is 6.18 Å². The number of amides is 1. The minimum absolute atomic E-state index is 0.0854. The van der Waals surface area contributed by atoms with Crippen molar-refractivity contribution in [2.75, 3.05) is 11.5 Å². The third-order valence-corrected chi connectivity index (χ3v) is 7.44. The van der Waals surface area contributed by atoms with E-state index in [0.29, 0.717) is 41.0 Å². The van der Waals surface area contributed by atoms with Crippen molar-refractivity contribution in [3.05, 3.63) is 59.3 Å². The minimum Gasteiger partial charge on any atom is -0.366 e. The number of fused-ring (bicyclic) bond motifs is 1. The van der Waals surface area contributed by atoms with E-state index in [0.717, 1.165) is 23.1 Å². The SMILES string of the molecule is NC(=O)c1cc(-c2ccc(C(F)(F)F)cc2)cc2c(C3CCS(O)(O)CC3)c[nH]c12. The van der Waals surface area contributed by atoms with Gasteiger partial charge in [0.25, 0.3) is 5.91 Å². The average Bonchev–Trinajstić information content (AvgIpc) is 3.10. The monoisotopic (exact) mass is 438 g/mol. The standard InChI is InChI=1S/C21H21F3N2O3S/c22-21(23,24)15-3-1-12(2-4-15)14-9-16-18(13-5-7-30(28,29)8-6-13)11-26-19(16)17(10-14)20(25)27/h1-4,9-11,13,26,28-29H,5-8H2,(H2,25,27). The van der Waals surface area contributed by atoms with Crippen LogP contribution in [0.5, 0.6) is 0 Å². The van der Waals surface area contributed by atoms with Crippen molar-refractivity contribution in [3.63, 3.8) is 0 Å². The number of H-pyrrole nitrogens is 1. The van der Waals surface area contributed by atoms with Gasteiger partial charge in [-0.3, -0.25) is 13.9 Å². The molecule has 5 nitrogen and oxygen atoms in total. The largest absolute Gasteiger partial charge is 0.416 e. The number of nitrogens with one attached hydrogen (secondary N) is 1. The van der Waals surface area contributed by atoms with Gasteiger partial charge in [-0.1, -0.05) is 12.1 Å². The third-order valence-electron chi connectivity index (χ3n) is 5.66. The van der Waals surface area contributed by atoms with E-state index in [4.69, 9.17) is 5.73 Å². The van der Waals surface area contributed by atoms with Crippen molar-refractivity contribution in [2.24, 2.45) is 5.73 Å². The lowest BCUT2D eigenvalue weighted by molar-refractivity contribution is -0.137. The second-order valence-electron chi connectivity index (χ2n) is 7.61. The summed E-state index contributed by atoms with van der Waals surface area (Å²) in [5.41, 5.74) is 7.72. The lowest BCUT2D eigenvalue weighted by Gasteiger charge is -2.39. The molecule has 30 heavy (non-hydrogen) atoms. The lowest BCUT2D eigenvalue weighted by Crippen LogP contribution is -2.19. The van der Waals surface area contributed by atoms with Crippen molar-refractivity contribution in [1.82, 2.24) is 4.98 Å². The second-order valence-corrected chi connectivity index (χ2v) is 10.0. The van der Waals surface area contributed by atoms with Crippen LogP contribution in [0.15, 0.2) is 42.6 Å². The van der Waals surface area contributed by atoms with Gasteiger partial charge in [-0.25, -0.2) is 0 Å². The van der Waals surface area contributed by atoms with Gasteiger partial charge in [-0.05, 0) is 59.7 Å². The molecule has 0 saturated carbocycles. The number of hydrogen-bond acceptors (Lipinski definition) is 3. The van der Waals surface area contributed by atoms with E-state index < -0.39 is 28.2 Å². The van der Waals surface area contributed by atoms with Gasteiger partial charge in [0.1, 0.15) is 0 Å². The summed E-state index contributed by atoms with van der Waals surface area (Å²) in [4.78, 5) is 15.1. The number of primary amides is 1. The van der Waals surface area contributed by atoms with Crippen LogP contribution in [0.4, 0.5) is 13.2 Å². The summed E-state index contributed by atoms with van der Waals surface area (Å²) in [7, 11) is -2.53. The molecular weight excluding hydrogens is 417 g/mol. The summed E-state index contributed by atoms with van der Waals surface area (Å²) >= 11 is 0. The van der Waals surface area contributed by atoms with Crippen LogP contribution >= 0.6 is 10.6 Å². The summed E-state index contributed by atoms with van der Waals surface area (Å²) in [5.74, 6) is 0.0965. The third kappa shape index (κ3) is 3.92. The van der Waals surface area contributed by atoms with Crippen LogP contribution in [0.2, 0.25) is 0 Å². The highest BCUT2D eigenvalue weighted by Gasteiger charge is 2.30. The van der Waals surface area contributed by atoms with E-state index in [2.05, 4.69) is 4.98 Å². The number of carbonyl (C=O) groups is 1. The summed E-state index contributed by atoms with van der Waals surface area (Å²) < 4.78 is 58.4. The summed E-state index contributed by atoms with van der Waals surface area (Å²) in [6, 6.07) is 8.17. The Bertz CT molecular complexity index is 1100. The van der Waals surface area contributed by atoms with Gasteiger partial charge in [0.2, 0.25) is 0 Å². The van der Waals surface area contributed by atoms with Crippen molar-refractivity contribution in [1.29, 1.82) is 0 Å². The number of aromatic amines is 1. The first kappa shape index (κ1) is 20.8. The van der Waals surface area contributed by atoms with E-state index in [1.165, 1.54) is 12.1 Å². The Hall–Kier alpha value is -2.49. The molecule has 2 aromatic carbocycles. The highest BCUT2D eigenvalue weighted by atomic mass is 32.3. The second kappa shape index (κ2) is 7.33. The maximum atomic E-state index is 12.9. The van der Waals surface area contributed by atoms with Crippen molar-refractivity contribution in [3.8, 4) is 11.1 Å². The van der Waals surface area contributed by atoms with E-state index in [1.54, 1.807) is 12.3 Å². The lowest BCUT2D eigenvalue weighted by atomic mass is 9.90. The fraction of sp³-hybridized carbons (Fsp3) is 0.286. The molecule has 1 aliphatic heterocycles. The van der Waals surface area contributed by atoms with E-state index in [1.807, 2.05) is 6.07 Å². The number of nitrogens with two attached hydrogens (primary N) is 1. The van der Waals surface area contributed by atoms with Gasteiger partial charge in [0, 0.05) is 23.1 Å². The molecule has 0 unspecified atom stereocenters. The molecule has 160 valence electrons. The van der Waals surface area contributed by atoms with Crippen LogP contribution in [0.25, 0.3) is 22.0 Å². The molecule has 9 heteroatoms. The molecule has 0 atom stereocenters. The van der Waals surface area contributed by atoms with E-state index in [9.17, 15) is 27.1 Å². The number of alkyl halides is 3. The molecule has 0 bridgehead atoms. The molecular formula is C21H21F3N2O3S. The number of benzene rings is 2. The minimum atomic E-state index is -4.42. The van der Waals surface area contributed by atoms with E-state index in [-0.39, 0.29) is 11.5 Å². The number of hydrogen-bond donors (Lipinski definition) is 4. The van der Waals surface area contributed by atoms with Gasteiger partial charge in [0.15, 0.2) is 0 Å². The van der Waals surface area contributed by atoms with Crippen LogP contribution < -0.4 is 5.73 Å². The zero-order valence-electron chi connectivity index (χ0n) is 15.9. The molecule has 1 amide bonds. The first-order valence-corrected chi connectivity index (χ1v) is 11.3. The van der Waals surface area contributed by atoms with Crippen molar-refractivity contribution < 1.29 is 27.1 Å². The molecule has 3 aromatic rings. The average molecular weight is 438 g/mol. The summed E-state index contributed by atoms with van der Waals surface area (Å²) in [6.07, 6.45) is -1.42. The smallest absolute Gasteiger partial charge is 0.366 e. The van der Waals surface area contributed by atoms with Crippen LogP contribution in [-0.4, -0.2) is 31.5 Å². The highest BCUT2D eigenvalue weighted by Crippen LogP contribution is 2.49. The quantitative estimate of drug-likeness (QED) is 0.429. The number of halogens is 3. The Morgan fingerprint density at radius 3 is 2.27 bits per heavy atom. The summed E-state index contributed by atoms with van der Waals surface area (Å²) in [6.45, 7) is 0. The topological polar surface area (TPSA) is 99.3 Å². The molecule has 1 aromatic heterocycles. The Morgan fingerprint density at radius 1 is 1.07 bits per heavy atom. The van der Waals surface area contributed by atoms with Crippen molar-refractivity contribution >= 4 is 27.4 Å². The Morgan fingerprint density at radius 2 is 1.70 bits per heavy atom. The Labute approximate surface area is 172 Å². The predicted octanol–water partition coefficient (Wildman–Crippen LogP) is 5.58. The fourth-order valence-electron chi connectivity index (χ4n) is 4.02. The van der Waals surface area contributed by atoms with Gasteiger partial charge in [-0.15, -0.1) is 0 Å². The molecule has 5 N–H and O–H groups in total. The van der Waals surface area contributed by atoms with Crippen LogP contribution in [0, 0.1) is 0 Å². The van der Waals surface area contributed by atoms with Gasteiger partial charge >= 0.3 is 6.18 Å². The maximum absolute atomic E-state index is 12.9. The molecule has 1 aliphatic rings. The Kier molecular flexibility index (Phi) is 5.08. The van der Waals surface area contributed by atoms with Crippen molar-refractivity contribution in [2.45, 2.75) is 24.9 Å². The summed E-state index contributed by atoms with van der Waals surface area (Å²) in [5, 5.41) is 0.768. The molecule has 1 saturated heterocycles. The first-order valence-electron chi connectivity index (χ1n) is 9.41. The normalized spacial score (nSPS) is 18.4. The molecule has 0 spiro atoms. The first-order chi connectivity index (χ1) is 14.0. The Balaban J connectivity index is 1.79. The number of aromatic nitrogens is 1. The maximum Gasteiger partial charge on any atom is 0.416 e. The molecule has 1 fully saturated rings. The molecule has 0 radical (unpaired) electrons. The van der Waals surface area contributed by atoms with Crippen LogP contribution in [0.1, 0.15) is 40.2 Å². The molecule has 4 rings (SSSR count). The van der Waals surface area contributed by atoms with Gasteiger partial charge < -0.3 is 10.7 Å². The molecule has 0 aliphatic carbocycles. The van der Waals surface area contributed by atoms with Crippen LogP contribution in [0.3, 0.4) is 0 Å². The zero-order valence-corrected chi connectivity index (χ0v) is 16.7.